The predicted octanol–water partition coefficient (Wildman–Crippen LogP) is 3.54. The van der Waals surface area contributed by atoms with Gasteiger partial charge in [-0.15, -0.1) is 0 Å². The highest BCUT2D eigenvalue weighted by Gasteiger charge is 2.09. The maximum atomic E-state index is 10.0. The molecule has 3 heteroatoms. The van der Waals surface area contributed by atoms with Crippen LogP contribution in [0.1, 0.15) is 36.5 Å². The maximum Gasteiger partial charge on any atom is 0.119 e. The van der Waals surface area contributed by atoms with Crippen molar-refractivity contribution in [2.45, 2.75) is 31.8 Å². The maximum absolute atomic E-state index is 10.0. The fourth-order valence-corrected chi connectivity index (χ4v) is 2.29. The van der Waals surface area contributed by atoms with Gasteiger partial charge in [0.1, 0.15) is 11.5 Å². The highest BCUT2D eigenvalue weighted by Crippen LogP contribution is 2.27. The molecule has 0 radical (unpaired) electrons. The Morgan fingerprint density at radius 3 is 2.15 bits per heavy atom. The lowest BCUT2D eigenvalue weighted by Gasteiger charge is -2.11. The van der Waals surface area contributed by atoms with Crippen LogP contribution in [0.5, 0.6) is 11.5 Å². The first-order valence-corrected chi connectivity index (χ1v) is 6.90. The molecule has 0 saturated heterocycles. The summed E-state index contributed by atoms with van der Waals surface area (Å²) < 4.78 is 0. The Hall–Kier alpha value is -2.00. The van der Waals surface area contributed by atoms with Gasteiger partial charge in [0.15, 0.2) is 0 Å². The first-order valence-electron chi connectivity index (χ1n) is 6.90. The summed E-state index contributed by atoms with van der Waals surface area (Å²) in [5.41, 5.74) is 1.86. The molecule has 1 unspecified atom stereocenters. The van der Waals surface area contributed by atoms with Gasteiger partial charge in [-0.05, 0) is 42.5 Å². The van der Waals surface area contributed by atoms with Gasteiger partial charge < -0.3 is 15.3 Å². The molecule has 0 fully saturated rings. The minimum atomic E-state index is -0.649. The number of rotatable bonds is 6. The quantitative estimate of drug-likeness (QED) is 0.705. The number of aryl methyl sites for hydroxylation is 1. The average Bonchev–Trinajstić information content (AvgIpc) is 2.43. The van der Waals surface area contributed by atoms with E-state index in [9.17, 15) is 15.3 Å². The number of phenols is 2. The zero-order valence-electron chi connectivity index (χ0n) is 11.4. The molecular weight excluding hydrogens is 252 g/mol. The minimum Gasteiger partial charge on any atom is -0.508 e. The number of aromatic hydroxyl groups is 2. The summed E-state index contributed by atoms with van der Waals surface area (Å²) >= 11 is 0. The van der Waals surface area contributed by atoms with Crippen LogP contribution in [0.4, 0.5) is 0 Å². The summed E-state index contributed by atoms with van der Waals surface area (Å²) in [6.45, 7) is 0. The molecule has 3 nitrogen and oxygen atoms in total. The van der Waals surface area contributed by atoms with Gasteiger partial charge in [0.25, 0.3) is 0 Å². The van der Waals surface area contributed by atoms with Crippen molar-refractivity contribution in [1.29, 1.82) is 0 Å². The Kier molecular flexibility index (Phi) is 5.02. The van der Waals surface area contributed by atoms with Crippen molar-refractivity contribution in [3.8, 4) is 11.5 Å². The van der Waals surface area contributed by atoms with Crippen molar-refractivity contribution in [2.24, 2.45) is 0 Å². The lowest BCUT2D eigenvalue weighted by molar-refractivity contribution is 0.163. The van der Waals surface area contributed by atoms with E-state index in [0.717, 1.165) is 19.3 Å². The van der Waals surface area contributed by atoms with E-state index in [2.05, 4.69) is 12.1 Å². The number of unbranched alkanes of at least 4 members (excludes halogenated alkanes) is 1. The van der Waals surface area contributed by atoms with Crippen molar-refractivity contribution in [3.05, 3.63) is 59.7 Å². The molecule has 0 heterocycles. The largest absolute Gasteiger partial charge is 0.508 e. The standard InChI is InChI=1S/C17H20O3/c18-15-10-14(11-16(19)12-15)17(20)9-5-4-8-13-6-2-1-3-7-13/h1-3,6-7,10-12,17-20H,4-5,8-9H2. The smallest absolute Gasteiger partial charge is 0.119 e. The van der Waals surface area contributed by atoms with Gasteiger partial charge in [-0.25, -0.2) is 0 Å². The summed E-state index contributed by atoms with van der Waals surface area (Å²) in [7, 11) is 0. The van der Waals surface area contributed by atoms with Crippen LogP contribution in [-0.2, 0) is 6.42 Å². The number of phenolic OH excluding ortho intramolecular Hbond substituents is 2. The molecule has 2 rings (SSSR count). The van der Waals surface area contributed by atoms with Gasteiger partial charge in [0, 0.05) is 6.07 Å². The van der Waals surface area contributed by atoms with Crippen LogP contribution in [0.3, 0.4) is 0 Å². The molecular formula is C17H20O3. The van der Waals surface area contributed by atoms with Crippen LogP contribution in [0.2, 0.25) is 0 Å². The van der Waals surface area contributed by atoms with Crippen LogP contribution >= 0.6 is 0 Å². The predicted molar refractivity (Wildman–Crippen MR) is 78.7 cm³/mol. The van der Waals surface area contributed by atoms with Gasteiger partial charge in [-0.1, -0.05) is 36.8 Å². The van der Waals surface area contributed by atoms with Gasteiger partial charge in [-0.2, -0.15) is 0 Å². The van der Waals surface area contributed by atoms with Gasteiger partial charge >= 0.3 is 0 Å². The summed E-state index contributed by atoms with van der Waals surface area (Å²) in [5, 5.41) is 28.8. The highest BCUT2D eigenvalue weighted by atomic mass is 16.3. The minimum absolute atomic E-state index is 0.0247. The zero-order chi connectivity index (χ0) is 14.4. The third-order valence-electron chi connectivity index (χ3n) is 3.35. The molecule has 2 aromatic rings. The lowest BCUT2D eigenvalue weighted by Crippen LogP contribution is -1.98. The SMILES string of the molecule is Oc1cc(O)cc(C(O)CCCCc2ccccc2)c1. The third-order valence-corrected chi connectivity index (χ3v) is 3.35. The van der Waals surface area contributed by atoms with Gasteiger partial charge in [-0.3, -0.25) is 0 Å². The third kappa shape index (κ3) is 4.28. The van der Waals surface area contributed by atoms with E-state index in [0.29, 0.717) is 12.0 Å². The Bertz CT molecular complexity index is 517. The van der Waals surface area contributed by atoms with Gasteiger partial charge in [0.05, 0.1) is 6.10 Å². The molecule has 106 valence electrons. The lowest BCUT2D eigenvalue weighted by atomic mass is 10.0. The van der Waals surface area contributed by atoms with Crippen molar-refractivity contribution in [1.82, 2.24) is 0 Å². The number of hydrogen-bond donors (Lipinski definition) is 3. The van der Waals surface area contributed by atoms with Crippen molar-refractivity contribution in [2.75, 3.05) is 0 Å². The van der Waals surface area contributed by atoms with E-state index < -0.39 is 6.10 Å². The molecule has 1 atom stereocenters. The van der Waals surface area contributed by atoms with Crippen molar-refractivity contribution >= 4 is 0 Å². The molecule has 0 aliphatic rings. The van der Waals surface area contributed by atoms with Crippen LogP contribution < -0.4 is 0 Å². The van der Waals surface area contributed by atoms with Gasteiger partial charge in [0.2, 0.25) is 0 Å². The molecule has 2 aromatic carbocycles. The van der Waals surface area contributed by atoms with Crippen molar-refractivity contribution in [3.63, 3.8) is 0 Å². The first-order chi connectivity index (χ1) is 9.65. The molecule has 0 aliphatic carbocycles. The topological polar surface area (TPSA) is 60.7 Å². The second-order valence-electron chi connectivity index (χ2n) is 5.03. The Morgan fingerprint density at radius 2 is 1.50 bits per heavy atom. The Labute approximate surface area is 119 Å². The molecule has 0 saturated carbocycles. The summed E-state index contributed by atoms with van der Waals surface area (Å²) in [6, 6.07) is 14.5. The Balaban J connectivity index is 1.79. The molecule has 0 aliphatic heterocycles. The summed E-state index contributed by atoms with van der Waals surface area (Å²) in [5.74, 6) is -0.0494. The fourth-order valence-electron chi connectivity index (χ4n) is 2.29. The zero-order valence-corrected chi connectivity index (χ0v) is 11.4. The second-order valence-corrected chi connectivity index (χ2v) is 5.03. The number of benzene rings is 2. The summed E-state index contributed by atoms with van der Waals surface area (Å²) in [6.07, 6.45) is 2.87. The normalized spacial score (nSPS) is 12.2. The molecule has 0 spiro atoms. The van der Waals surface area contributed by atoms with Crippen LogP contribution in [0.15, 0.2) is 48.5 Å². The monoisotopic (exact) mass is 272 g/mol. The van der Waals surface area contributed by atoms with Crippen LogP contribution in [0, 0.1) is 0 Å². The van der Waals surface area contributed by atoms with Crippen LogP contribution in [-0.4, -0.2) is 15.3 Å². The Morgan fingerprint density at radius 1 is 0.850 bits per heavy atom. The van der Waals surface area contributed by atoms with E-state index in [-0.39, 0.29) is 11.5 Å². The number of hydrogen-bond acceptors (Lipinski definition) is 3. The molecule has 0 amide bonds. The molecule has 3 N–H and O–H groups in total. The van der Waals surface area contributed by atoms with E-state index in [1.54, 1.807) is 0 Å². The summed E-state index contributed by atoms with van der Waals surface area (Å²) in [4.78, 5) is 0. The first kappa shape index (κ1) is 14.4. The molecule has 0 bridgehead atoms. The van der Waals surface area contributed by atoms with E-state index in [1.807, 2.05) is 18.2 Å². The fraction of sp³-hybridized carbons (Fsp3) is 0.294. The molecule has 0 aromatic heterocycles. The highest BCUT2D eigenvalue weighted by molar-refractivity contribution is 5.37. The van der Waals surface area contributed by atoms with Crippen molar-refractivity contribution < 1.29 is 15.3 Å². The second kappa shape index (κ2) is 6.96. The molecule has 20 heavy (non-hydrogen) atoms. The number of aliphatic hydroxyl groups excluding tert-OH is 1. The van der Waals surface area contributed by atoms with E-state index in [1.165, 1.54) is 23.8 Å². The average molecular weight is 272 g/mol. The number of aliphatic hydroxyl groups is 1. The van der Waals surface area contributed by atoms with Crippen LogP contribution in [0.25, 0.3) is 0 Å². The van der Waals surface area contributed by atoms with E-state index >= 15 is 0 Å². The van der Waals surface area contributed by atoms with E-state index in [4.69, 9.17) is 0 Å².